The molecule has 0 N–H and O–H groups in total. The van der Waals surface area contributed by atoms with Crippen LogP contribution in [0.4, 0.5) is 0 Å². The Kier molecular flexibility index (Phi) is 5.71. The fourth-order valence-corrected chi connectivity index (χ4v) is 3.34. The zero-order valence-corrected chi connectivity index (χ0v) is 14.0. The van der Waals surface area contributed by atoms with Crippen LogP contribution in [0.25, 0.3) is 0 Å². The van der Waals surface area contributed by atoms with Crippen LogP contribution in [0.2, 0.25) is 5.02 Å². The maximum absolute atomic E-state index is 5.94. The molecule has 1 saturated carbocycles. The molecular weight excluding hydrogens is 306 g/mol. The molecule has 0 saturated heterocycles. The molecule has 1 aliphatic carbocycles. The van der Waals surface area contributed by atoms with Gasteiger partial charge in [0, 0.05) is 5.02 Å². The van der Waals surface area contributed by atoms with Crippen molar-refractivity contribution in [3.8, 4) is 0 Å². The summed E-state index contributed by atoms with van der Waals surface area (Å²) in [7, 11) is 0. The van der Waals surface area contributed by atoms with E-state index in [2.05, 4.69) is 29.4 Å². The van der Waals surface area contributed by atoms with Gasteiger partial charge in [0.25, 0.3) is 0 Å². The van der Waals surface area contributed by atoms with Gasteiger partial charge in [-0.05, 0) is 47.6 Å². The van der Waals surface area contributed by atoms with Crippen LogP contribution in [0.1, 0.15) is 54.7 Å². The van der Waals surface area contributed by atoms with Gasteiger partial charge in [0.2, 0.25) is 0 Å². The van der Waals surface area contributed by atoms with Gasteiger partial charge in [0.1, 0.15) is 6.61 Å². The lowest BCUT2D eigenvalue weighted by Crippen LogP contribution is -2.04. The maximum atomic E-state index is 5.94. The highest BCUT2D eigenvalue weighted by molar-refractivity contribution is 6.30. The quantitative estimate of drug-likeness (QED) is 0.492. The zero-order valence-electron chi connectivity index (χ0n) is 13.2. The van der Waals surface area contributed by atoms with E-state index in [1.165, 1.54) is 37.7 Å². The molecule has 0 bridgehead atoms. The number of hydrogen-bond acceptors (Lipinski definition) is 2. The van der Waals surface area contributed by atoms with E-state index in [1.807, 2.05) is 24.3 Å². The predicted molar refractivity (Wildman–Crippen MR) is 96.1 cm³/mol. The molecular formula is C20H22ClNO. The van der Waals surface area contributed by atoms with E-state index in [0.29, 0.717) is 11.6 Å². The van der Waals surface area contributed by atoms with E-state index >= 15 is 0 Å². The average molecular weight is 328 g/mol. The molecule has 0 spiro atoms. The highest BCUT2D eigenvalue weighted by Gasteiger charge is 2.14. The lowest BCUT2D eigenvalue weighted by molar-refractivity contribution is 0.132. The minimum Gasteiger partial charge on any atom is -0.391 e. The molecule has 0 radical (unpaired) electrons. The number of benzene rings is 2. The molecule has 0 aromatic heterocycles. The van der Waals surface area contributed by atoms with Gasteiger partial charge in [0.05, 0.1) is 6.21 Å². The second-order valence-corrected chi connectivity index (χ2v) is 6.58. The number of halogens is 1. The molecule has 0 amide bonds. The third-order valence-corrected chi connectivity index (χ3v) is 4.64. The first kappa shape index (κ1) is 16.1. The number of rotatable bonds is 5. The van der Waals surface area contributed by atoms with Crippen molar-refractivity contribution in [2.45, 2.75) is 44.6 Å². The third-order valence-electron chi connectivity index (χ3n) is 4.41. The molecule has 2 aromatic rings. The fraction of sp³-hybridized carbons (Fsp3) is 0.350. The first-order valence-electron chi connectivity index (χ1n) is 8.31. The summed E-state index contributed by atoms with van der Waals surface area (Å²) in [4.78, 5) is 5.34. The molecule has 0 heterocycles. The van der Waals surface area contributed by atoms with Crippen molar-refractivity contribution in [3.05, 3.63) is 70.2 Å². The molecule has 3 rings (SSSR count). The number of hydrogen-bond donors (Lipinski definition) is 0. The van der Waals surface area contributed by atoms with E-state index < -0.39 is 0 Å². The van der Waals surface area contributed by atoms with Crippen molar-refractivity contribution in [3.63, 3.8) is 0 Å². The topological polar surface area (TPSA) is 21.6 Å². The lowest BCUT2D eigenvalue weighted by Gasteiger charge is -2.21. The first-order chi connectivity index (χ1) is 11.3. The van der Waals surface area contributed by atoms with Crippen molar-refractivity contribution in [2.75, 3.05) is 0 Å². The van der Waals surface area contributed by atoms with Crippen LogP contribution < -0.4 is 0 Å². The molecule has 0 unspecified atom stereocenters. The second-order valence-electron chi connectivity index (χ2n) is 6.14. The van der Waals surface area contributed by atoms with Crippen molar-refractivity contribution in [1.29, 1.82) is 0 Å². The number of nitrogens with zero attached hydrogens (tertiary/aromatic N) is 1. The summed E-state index contributed by atoms with van der Waals surface area (Å²) >= 11 is 5.94. The summed E-state index contributed by atoms with van der Waals surface area (Å²) in [6.45, 7) is 0.428. The van der Waals surface area contributed by atoms with Gasteiger partial charge in [-0.25, -0.2) is 0 Å². The predicted octanol–water partition coefficient (Wildman–Crippen LogP) is 5.94. The van der Waals surface area contributed by atoms with Crippen LogP contribution in [0, 0.1) is 0 Å². The van der Waals surface area contributed by atoms with E-state index in [0.717, 1.165) is 17.0 Å². The van der Waals surface area contributed by atoms with Gasteiger partial charge >= 0.3 is 0 Å². The van der Waals surface area contributed by atoms with E-state index in [1.54, 1.807) is 6.21 Å². The van der Waals surface area contributed by atoms with Crippen molar-refractivity contribution in [1.82, 2.24) is 0 Å². The second kappa shape index (κ2) is 8.16. The van der Waals surface area contributed by atoms with E-state index in [-0.39, 0.29) is 0 Å². The Hall–Kier alpha value is -1.80. The summed E-state index contributed by atoms with van der Waals surface area (Å²) in [5.74, 6) is 0.744. The highest BCUT2D eigenvalue weighted by Crippen LogP contribution is 2.32. The van der Waals surface area contributed by atoms with Crippen LogP contribution in [0.15, 0.2) is 53.7 Å². The lowest BCUT2D eigenvalue weighted by atomic mass is 9.84. The highest BCUT2D eigenvalue weighted by atomic mass is 35.5. The van der Waals surface area contributed by atoms with Gasteiger partial charge in [-0.3, -0.25) is 0 Å². The Morgan fingerprint density at radius 2 is 1.83 bits per heavy atom. The normalized spacial score (nSPS) is 15.9. The van der Waals surface area contributed by atoms with Gasteiger partial charge < -0.3 is 4.84 Å². The molecule has 120 valence electrons. The van der Waals surface area contributed by atoms with Gasteiger partial charge in [-0.2, -0.15) is 0 Å². The van der Waals surface area contributed by atoms with Gasteiger partial charge in [-0.1, -0.05) is 72.4 Å². The molecule has 0 atom stereocenters. The van der Waals surface area contributed by atoms with Crippen LogP contribution in [-0.2, 0) is 11.4 Å². The maximum Gasteiger partial charge on any atom is 0.142 e. The standard InChI is InChI=1S/C20H22ClNO/c21-20-8-4-5-17(13-20)15-23-22-14-16-9-11-19(12-10-16)18-6-2-1-3-7-18/h4-5,8-14,18H,1-3,6-7,15H2. The average Bonchev–Trinajstić information content (AvgIpc) is 2.60. The molecule has 1 aliphatic rings. The third kappa shape index (κ3) is 4.84. The molecule has 1 fully saturated rings. The summed E-state index contributed by atoms with van der Waals surface area (Å²) in [5.41, 5.74) is 3.54. The Labute approximate surface area is 143 Å². The van der Waals surface area contributed by atoms with Crippen LogP contribution in [-0.4, -0.2) is 6.21 Å². The van der Waals surface area contributed by atoms with Gasteiger partial charge in [0.15, 0.2) is 0 Å². The fourth-order valence-electron chi connectivity index (χ4n) is 3.13. The summed E-state index contributed by atoms with van der Waals surface area (Å²) in [6.07, 6.45) is 8.54. The summed E-state index contributed by atoms with van der Waals surface area (Å²) in [5, 5.41) is 4.76. The van der Waals surface area contributed by atoms with Gasteiger partial charge in [-0.15, -0.1) is 0 Å². The van der Waals surface area contributed by atoms with Crippen LogP contribution in [0.5, 0.6) is 0 Å². The van der Waals surface area contributed by atoms with E-state index in [9.17, 15) is 0 Å². The molecule has 2 aromatic carbocycles. The smallest absolute Gasteiger partial charge is 0.142 e. The minimum atomic E-state index is 0.428. The van der Waals surface area contributed by atoms with E-state index in [4.69, 9.17) is 16.4 Å². The Bertz CT molecular complexity index is 645. The Morgan fingerprint density at radius 1 is 1.04 bits per heavy atom. The van der Waals surface area contributed by atoms with Crippen LogP contribution >= 0.6 is 11.6 Å². The molecule has 23 heavy (non-hydrogen) atoms. The molecule has 2 nitrogen and oxygen atoms in total. The summed E-state index contributed by atoms with van der Waals surface area (Å²) < 4.78 is 0. The Balaban J connectivity index is 1.51. The summed E-state index contributed by atoms with van der Waals surface area (Å²) in [6, 6.07) is 16.3. The number of oxime groups is 1. The minimum absolute atomic E-state index is 0.428. The van der Waals surface area contributed by atoms with Crippen LogP contribution in [0.3, 0.4) is 0 Å². The zero-order chi connectivity index (χ0) is 15.9. The van der Waals surface area contributed by atoms with Crippen molar-refractivity contribution < 1.29 is 4.84 Å². The molecule has 3 heteroatoms. The van der Waals surface area contributed by atoms with Crippen molar-refractivity contribution >= 4 is 17.8 Å². The SMILES string of the molecule is Clc1cccc(CON=Cc2ccc(C3CCCCC3)cc2)c1. The monoisotopic (exact) mass is 327 g/mol. The largest absolute Gasteiger partial charge is 0.391 e. The Morgan fingerprint density at radius 3 is 2.57 bits per heavy atom. The van der Waals surface area contributed by atoms with Crippen molar-refractivity contribution in [2.24, 2.45) is 5.16 Å². The molecule has 0 aliphatic heterocycles. The first-order valence-corrected chi connectivity index (χ1v) is 8.69.